The van der Waals surface area contributed by atoms with E-state index in [9.17, 15) is 5.11 Å². The highest BCUT2D eigenvalue weighted by Crippen LogP contribution is 2.16. The van der Waals surface area contributed by atoms with Crippen LogP contribution >= 0.6 is 11.6 Å². The number of rotatable bonds is 2. The first-order valence-electron chi connectivity index (χ1n) is 4.66. The zero-order chi connectivity index (χ0) is 11.1. The predicted octanol–water partition coefficient (Wildman–Crippen LogP) is 1.86. The molecule has 0 saturated heterocycles. The molecule has 0 aliphatic heterocycles. The number of aromatic nitrogens is 3. The van der Waals surface area contributed by atoms with Crippen molar-refractivity contribution in [2.24, 2.45) is 0 Å². The normalized spacial score (nSPS) is 12.3. The van der Waals surface area contributed by atoms with Gasteiger partial charge in [-0.25, -0.2) is 4.98 Å². The highest BCUT2D eigenvalue weighted by atomic mass is 35.5. The van der Waals surface area contributed by atoms with Gasteiger partial charge in [-0.15, -0.1) is 0 Å². The number of halogens is 1. The van der Waals surface area contributed by atoms with Crippen molar-refractivity contribution in [1.82, 2.24) is 14.8 Å². The lowest BCUT2D eigenvalue weighted by Gasteiger charge is -2.17. The number of aliphatic hydroxyl groups is 1. The molecule has 0 spiro atoms. The van der Waals surface area contributed by atoms with Gasteiger partial charge in [0.25, 0.3) is 0 Å². The molecule has 4 nitrogen and oxygen atoms in total. The summed E-state index contributed by atoms with van der Waals surface area (Å²) in [5.41, 5.74) is 0.826. The Morgan fingerprint density at radius 3 is 2.87 bits per heavy atom. The first-order chi connectivity index (χ1) is 6.96. The van der Waals surface area contributed by atoms with Gasteiger partial charge in [0.2, 0.25) is 0 Å². The predicted molar refractivity (Wildman–Crippen MR) is 58.8 cm³/mol. The van der Waals surface area contributed by atoms with E-state index in [0.29, 0.717) is 11.7 Å². The van der Waals surface area contributed by atoms with E-state index in [-0.39, 0.29) is 0 Å². The molecule has 0 atom stereocenters. The molecule has 0 bridgehead atoms. The van der Waals surface area contributed by atoms with Crippen molar-refractivity contribution >= 4 is 22.6 Å². The molecule has 0 saturated carbocycles. The van der Waals surface area contributed by atoms with Gasteiger partial charge in [0, 0.05) is 0 Å². The van der Waals surface area contributed by atoms with Gasteiger partial charge < -0.3 is 5.11 Å². The van der Waals surface area contributed by atoms with E-state index < -0.39 is 5.60 Å². The lowest BCUT2D eigenvalue weighted by molar-refractivity contribution is 0.0591. The molecule has 15 heavy (non-hydrogen) atoms. The summed E-state index contributed by atoms with van der Waals surface area (Å²) >= 11 is 5.76. The van der Waals surface area contributed by atoms with E-state index in [0.717, 1.165) is 11.0 Å². The van der Waals surface area contributed by atoms with E-state index in [1.807, 2.05) is 6.07 Å². The van der Waals surface area contributed by atoms with Crippen molar-refractivity contribution in [3.05, 3.63) is 23.5 Å². The van der Waals surface area contributed by atoms with E-state index in [1.165, 1.54) is 0 Å². The van der Waals surface area contributed by atoms with Gasteiger partial charge in [-0.05, 0) is 26.0 Å². The average Bonchev–Trinajstić information content (AvgIpc) is 2.45. The third kappa shape index (κ3) is 2.27. The number of pyridine rings is 1. The summed E-state index contributed by atoms with van der Waals surface area (Å²) < 4.78 is 1.72. The van der Waals surface area contributed by atoms with Crippen LogP contribution in [0.3, 0.4) is 0 Å². The maximum absolute atomic E-state index is 9.70. The van der Waals surface area contributed by atoms with Gasteiger partial charge in [0.1, 0.15) is 10.7 Å². The third-order valence-corrected chi connectivity index (χ3v) is 2.21. The van der Waals surface area contributed by atoms with Gasteiger partial charge in [-0.3, -0.25) is 4.68 Å². The smallest absolute Gasteiger partial charge is 0.129 e. The minimum atomic E-state index is -0.793. The van der Waals surface area contributed by atoms with E-state index >= 15 is 0 Å². The summed E-state index contributed by atoms with van der Waals surface area (Å²) in [6.07, 6.45) is 1.65. The first kappa shape index (κ1) is 10.4. The standard InChI is InChI=1S/C10H12ClN3O/c1-10(2,15)6-14-8-3-4-9(11)13-7(8)5-12-14/h3-5,15H,6H2,1-2H3. The lowest BCUT2D eigenvalue weighted by atomic mass is 10.1. The van der Waals surface area contributed by atoms with Gasteiger partial charge >= 0.3 is 0 Å². The molecule has 5 heteroatoms. The molecule has 0 aromatic carbocycles. The van der Waals surface area contributed by atoms with Crippen LogP contribution < -0.4 is 0 Å². The first-order valence-corrected chi connectivity index (χ1v) is 5.04. The third-order valence-electron chi connectivity index (χ3n) is 2.00. The van der Waals surface area contributed by atoms with Gasteiger partial charge in [0.15, 0.2) is 0 Å². The topological polar surface area (TPSA) is 50.9 Å². The van der Waals surface area contributed by atoms with E-state index in [1.54, 1.807) is 30.8 Å². The number of hydrogen-bond donors (Lipinski definition) is 1. The lowest BCUT2D eigenvalue weighted by Crippen LogP contribution is -2.26. The van der Waals surface area contributed by atoms with Crippen LogP contribution in [0.1, 0.15) is 13.8 Å². The monoisotopic (exact) mass is 225 g/mol. The Morgan fingerprint density at radius 1 is 1.47 bits per heavy atom. The summed E-state index contributed by atoms with van der Waals surface area (Å²) in [5.74, 6) is 0. The van der Waals surface area contributed by atoms with Crippen molar-refractivity contribution in [2.75, 3.05) is 0 Å². The number of nitrogens with zero attached hydrogens (tertiary/aromatic N) is 3. The van der Waals surface area contributed by atoms with Crippen molar-refractivity contribution < 1.29 is 5.11 Å². The molecule has 80 valence electrons. The SMILES string of the molecule is CC(C)(O)Cn1ncc2nc(Cl)ccc21. The van der Waals surface area contributed by atoms with Crippen LogP contribution in [0.15, 0.2) is 18.3 Å². The molecule has 1 N–H and O–H groups in total. The van der Waals surface area contributed by atoms with Crippen LogP contribution in [0.5, 0.6) is 0 Å². The van der Waals surface area contributed by atoms with E-state index in [2.05, 4.69) is 10.1 Å². The fourth-order valence-corrected chi connectivity index (χ4v) is 1.59. The average molecular weight is 226 g/mol. The Labute approximate surface area is 92.5 Å². The molecule has 2 rings (SSSR count). The summed E-state index contributed by atoms with van der Waals surface area (Å²) in [5, 5.41) is 14.3. The zero-order valence-corrected chi connectivity index (χ0v) is 9.36. The summed E-state index contributed by atoms with van der Waals surface area (Å²) in [6, 6.07) is 3.57. The maximum atomic E-state index is 9.70. The molecule has 0 amide bonds. The number of hydrogen-bond acceptors (Lipinski definition) is 3. The minimum absolute atomic E-state index is 0.430. The van der Waals surface area contributed by atoms with Crippen molar-refractivity contribution in [3.63, 3.8) is 0 Å². The molecular weight excluding hydrogens is 214 g/mol. The molecule has 0 radical (unpaired) electrons. The quantitative estimate of drug-likeness (QED) is 0.794. The van der Waals surface area contributed by atoms with E-state index in [4.69, 9.17) is 11.6 Å². The molecule has 0 unspecified atom stereocenters. The molecule has 2 heterocycles. The van der Waals surface area contributed by atoms with Crippen LogP contribution in [-0.4, -0.2) is 25.5 Å². The van der Waals surface area contributed by atoms with Gasteiger partial charge in [0.05, 0.1) is 23.9 Å². The van der Waals surface area contributed by atoms with Crippen LogP contribution in [-0.2, 0) is 6.54 Å². The largest absolute Gasteiger partial charge is 0.389 e. The fraction of sp³-hybridized carbons (Fsp3) is 0.400. The second-order valence-corrected chi connectivity index (χ2v) is 4.54. The minimum Gasteiger partial charge on any atom is -0.389 e. The number of fused-ring (bicyclic) bond motifs is 1. The fourth-order valence-electron chi connectivity index (χ4n) is 1.44. The molecule has 2 aromatic rings. The molecule has 2 aromatic heterocycles. The molecular formula is C10H12ClN3O. The summed E-state index contributed by atoms with van der Waals surface area (Å²) in [4.78, 5) is 4.13. The Bertz CT molecular complexity index is 487. The van der Waals surface area contributed by atoms with Crippen LogP contribution in [0.2, 0.25) is 5.15 Å². The zero-order valence-electron chi connectivity index (χ0n) is 8.61. The summed E-state index contributed by atoms with van der Waals surface area (Å²) in [6.45, 7) is 3.91. The molecule has 0 fully saturated rings. The van der Waals surface area contributed by atoms with Crippen LogP contribution in [0, 0.1) is 0 Å². The van der Waals surface area contributed by atoms with Gasteiger partial charge in [-0.1, -0.05) is 11.6 Å². The Kier molecular flexibility index (Phi) is 2.40. The molecule has 0 aliphatic rings. The van der Waals surface area contributed by atoms with Crippen LogP contribution in [0.25, 0.3) is 11.0 Å². The second kappa shape index (κ2) is 3.47. The maximum Gasteiger partial charge on any atom is 0.129 e. The molecule has 0 aliphatic carbocycles. The Balaban J connectivity index is 2.45. The highest BCUT2D eigenvalue weighted by Gasteiger charge is 2.15. The second-order valence-electron chi connectivity index (χ2n) is 4.15. The Morgan fingerprint density at radius 2 is 2.20 bits per heavy atom. The van der Waals surface area contributed by atoms with Crippen molar-refractivity contribution in [3.8, 4) is 0 Å². The van der Waals surface area contributed by atoms with Crippen molar-refractivity contribution in [1.29, 1.82) is 0 Å². The summed E-state index contributed by atoms with van der Waals surface area (Å²) in [7, 11) is 0. The highest BCUT2D eigenvalue weighted by molar-refractivity contribution is 6.29. The van der Waals surface area contributed by atoms with Crippen LogP contribution in [0.4, 0.5) is 0 Å². The van der Waals surface area contributed by atoms with Crippen molar-refractivity contribution in [2.45, 2.75) is 26.0 Å². The van der Waals surface area contributed by atoms with Gasteiger partial charge in [-0.2, -0.15) is 5.10 Å². The Hall–Kier alpha value is -1.13.